The first kappa shape index (κ1) is 11.5. The van der Waals surface area contributed by atoms with Gasteiger partial charge in [0.1, 0.15) is 0 Å². The lowest BCUT2D eigenvalue weighted by Gasteiger charge is -2.16. The normalized spacial score (nSPS) is 17.5. The van der Waals surface area contributed by atoms with E-state index in [1.165, 1.54) is 6.42 Å². The highest BCUT2D eigenvalue weighted by Gasteiger charge is 2.07. The fraction of sp³-hybridized carbons (Fsp3) is 0.818. The molecule has 0 radical (unpaired) electrons. The molecule has 0 amide bonds. The van der Waals surface area contributed by atoms with Crippen LogP contribution in [0.15, 0.2) is 11.8 Å². The van der Waals surface area contributed by atoms with Crippen LogP contribution in [0, 0.1) is 11.8 Å². The number of nitrogens with two attached hydrogens (primary N) is 1. The summed E-state index contributed by atoms with van der Waals surface area (Å²) in [7, 11) is 0. The van der Waals surface area contributed by atoms with Gasteiger partial charge in [-0.2, -0.15) is 0 Å². The van der Waals surface area contributed by atoms with E-state index in [1.54, 1.807) is 0 Å². The number of hydrogen-bond donors (Lipinski definition) is 1. The molecule has 0 saturated carbocycles. The summed E-state index contributed by atoms with van der Waals surface area (Å²) >= 11 is 0. The maximum absolute atomic E-state index is 5.72. The first-order valence-electron chi connectivity index (χ1n) is 5.06. The topological polar surface area (TPSA) is 26.0 Å². The third-order valence-corrected chi connectivity index (χ3v) is 2.78. The number of rotatable bonds is 5. The van der Waals surface area contributed by atoms with Crippen LogP contribution in [-0.2, 0) is 0 Å². The van der Waals surface area contributed by atoms with Gasteiger partial charge in [-0.3, -0.25) is 0 Å². The molecule has 0 fully saturated rings. The molecule has 1 nitrogen and oxygen atoms in total. The second-order valence-corrected chi connectivity index (χ2v) is 3.73. The van der Waals surface area contributed by atoms with E-state index in [9.17, 15) is 0 Å². The van der Waals surface area contributed by atoms with Crippen molar-refractivity contribution >= 4 is 0 Å². The molecule has 0 aromatic heterocycles. The average molecular weight is 169 g/mol. The van der Waals surface area contributed by atoms with Crippen molar-refractivity contribution in [3.8, 4) is 0 Å². The van der Waals surface area contributed by atoms with E-state index in [4.69, 9.17) is 5.73 Å². The van der Waals surface area contributed by atoms with Crippen molar-refractivity contribution in [1.29, 1.82) is 0 Å². The Morgan fingerprint density at radius 3 is 2.25 bits per heavy atom. The zero-order valence-electron chi connectivity index (χ0n) is 8.93. The first-order chi connectivity index (χ1) is 5.61. The molecule has 72 valence electrons. The molecule has 1 heteroatoms. The lowest BCUT2D eigenvalue weighted by molar-refractivity contribution is 0.380. The smallest absolute Gasteiger partial charge is 0.00372 e. The summed E-state index contributed by atoms with van der Waals surface area (Å²) in [4.78, 5) is 0. The van der Waals surface area contributed by atoms with Crippen LogP contribution in [0.4, 0.5) is 0 Å². The second-order valence-electron chi connectivity index (χ2n) is 3.73. The molecule has 0 aliphatic heterocycles. The molecule has 0 spiro atoms. The molecular formula is C11H23N. The largest absolute Gasteiger partial charge is 0.402 e. The monoisotopic (exact) mass is 169 g/mol. The molecule has 2 unspecified atom stereocenters. The summed E-state index contributed by atoms with van der Waals surface area (Å²) in [5.74, 6) is 1.58. The third-order valence-electron chi connectivity index (χ3n) is 2.78. The fourth-order valence-corrected chi connectivity index (χ4v) is 1.12. The van der Waals surface area contributed by atoms with E-state index in [0.29, 0.717) is 0 Å². The van der Waals surface area contributed by atoms with Crippen LogP contribution in [0.2, 0.25) is 0 Å². The van der Waals surface area contributed by atoms with Crippen molar-refractivity contribution in [2.75, 3.05) is 0 Å². The third kappa shape index (κ3) is 4.42. The maximum Gasteiger partial charge on any atom is 0.00372 e. The fourth-order valence-electron chi connectivity index (χ4n) is 1.12. The van der Waals surface area contributed by atoms with E-state index < -0.39 is 0 Å². The first-order valence-corrected chi connectivity index (χ1v) is 5.06. The van der Waals surface area contributed by atoms with Gasteiger partial charge in [-0.15, -0.1) is 0 Å². The van der Waals surface area contributed by atoms with Crippen LogP contribution in [0.3, 0.4) is 0 Å². The summed E-state index contributed by atoms with van der Waals surface area (Å²) in [6.07, 6.45) is 5.56. The standard InChI is InChI=1S/C11H23N/c1-5-9(3)10(4)7-8-11(12)6-2/h8-10H,5-7,12H2,1-4H3/b11-8+. The molecule has 0 aliphatic rings. The predicted molar refractivity (Wildman–Crippen MR) is 55.8 cm³/mol. The predicted octanol–water partition coefficient (Wildman–Crippen LogP) is 3.31. The van der Waals surface area contributed by atoms with Gasteiger partial charge in [0, 0.05) is 5.70 Å². The maximum atomic E-state index is 5.72. The Labute approximate surface area is 77.0 Å². The Morgan fingerprint density at radius 2 is 1.83 bits per heavy atom. The highest BCUT2D eigenvalue weighted by molar-refractivity contribution is 4.95. The summed E-state index contributed by atoms with van der Waals surface area (Å²) in [5, 5.41) is 0. The van der Waals surface area contributed by atoms with Crippen molar-refractivity contribution in [2.24, 2.45) is 17.6 Å². The second kappa shape index (κ2) is 6.10. The van der Waals surface area contributed by atoms with Gasteiger partial charge < -0.3 is 5.73 Å². The van der Waals surface area contributed by atoms with Crippen molar-refractivity contribution in [1.82, 2.24) is 0 Å². The summed E-state index contributed by atoms with van der Waals surface area (Å²) in [6, 6.07) is 0. The highest BCUT2D eigenvalue weighted by atomic mass is 14.6. The van der Waals surface area contributed by atoms with Gasteiger partial charge in [-0.25, -0.2) is 0 Å². The molecule has 0 bridgehead atoms. The van der Waals surface area contributed by atoms with Gasteiger partial charge in [0.15, 0.2) is 0 Å². The Hall–Kier alpha value is -0.460. The number of hydrogen-bond acceptors (Lipinski definition) is 1. The van der Waals surface area contributed by atoms with Crippen LogP contribution in [0.25, 0.3) is 0 Å². The summed E-state index contributed by atoms with van der Waals surface area (Å²) in [6.45, 7) is 8.95. The van der Waals surface area contributed by atoms with Crippen LogP contribution in [0.5, 0.6) is 0 Å². The van der Waals surface area contributed by atoms with Crippen LogP contribution >= 0.6 is 0 Å². The van der Waals surface area contributed by atoms with Crippen molar-refractivity contribution in [3.05, 3.63) is 11.8 Å². The van der Waals surface area contributed by atoms with E-state index in [2.05, 4.69) is 33.8 Å². The molecule has 2 atom stereocenters. The Morgan fingerprint density at radius 1 is 1.25 bits per heavy atom. The Kier molecular flexibility index (Phi) is 5.87. The minimum absolute atomic E-state index is 0.764. The zero-order chi connectivity index (χ0) is 9.56. The lowest BCUT2D eigenvalue weighted by Crippen LogP contribution is -2.06. The minimum atomic E-state index is 0.764. The van der Waals surface area contributed by atoms with Gasteiger partial charge in [0.05, 0.1) is 0 Å². The Bertz CT molecular complexity index is 138. The van der Waals surface area contributed by atoms with Gasteiger partial charge in [0.25, 0.3) is 0 Å². The van der Waals surface area contributed by atoms with E-state index in [-0.39, 0.29) is 0 Å². The molecule has 0 rings (SSSR count). The van der Waals surface area contributed by atoms with Gasteiger partial charge in [-0.05, 0) is 24.7 Å². The summed E-state index contributed by atoms with van der Waals surface area (Å²) in [5.41, 5.74) is 6.76. The molecule has 0 aromatic rings. The van der Waals surface area contributed by atoms with Gasteiger partial charge >= 0.3 is 0 Å². The summed E-state index contributed by atoms with van der Waals surface area (Å²) < 4.78 is 0. The van der Waals surface area contributed by atoms with E-state index in [1.807, 2.05) is 0 Å². The lowest BCUT2D eigenvalue weighted by atomic mass is 9.90. The van der Waals surface area contributed by atoms with Crippen molar-refractivity contribution in [3.63, 3.8) is 0 Å². The van der Waals surface area contributed by atoms with Crippen LogP contribution in [-0.4, -0.2) is 0 Å². The molecule has 2 N–H and O–H groups in total. The van der Waals surface area contributed by atoms with Crippen molar-refractivity contribution < 1.29 is 0 Å². The SMILES string of the molecule is CC/C(N)=C\CC(C)C(C)CC. The highest BCUT2D eigenvalue weighted by Crippen LogP contribution is 2.18. The van der Waals surface area contributed by atoms with E-state index >= 15 is 0 Å². The average Bonchev–Trinajstić information content (AvgIpc) is 2.11. The van der Waals surface area contributed by atoms with Crippen LogP contribution in [0.1, 0.15) is 47.0 Å². The van der Waals surface area contributed by atoms with Gasteiger partial charge in [0.2, 0.25) is 0 Å². The molecule has 0 saturated heterocycles. The molecule has 0 aromatic carbocycles. The molecule has 0 heterocycles. The van der Waals surface area contributed by atoms with Gasteiger partial charge in [-0.1, -0.05) is 40.2 Å². The molecular weight excluding hydrogens is 146 g/mol. The molecule has 12 heavy (non-hydrogen) atoms. The van der Waals surface area contributed by atoms with Crippen LogP contribution < -0.4 is 5.73 Å². The van der Waals surface area contributed by atoms with E-state index in [0.717, 1.165) is 30.4 Å². The minimum Gasteiger partial charge on any atom is -0.402 e. The number of allylic oxidation sites excluding steroid dienone is 2. The van der Waals surface area contributed by atoms with Crippen molar-refractivity contribution in [2.45, 2.75) is 47.0 Å². The Balaban J connectivity index is 3.77. The zero-order valence-corrected chi connectivity index (χ0v) is 8.93. The molecule has 0 aliphatic carbocycles. The quantitative estimate of drug-likeness (QED) is 0.671.